The van der Waals surface area contributed by atoms with E-state index in [1.54, 1.807) is 0 Å². The fourth-order valence-electron chi connectivity index (χ4n) is 3.97. The van der Waals surface area contributed by atoms with Crippen molar-refractivity contribution in [1.82, 2.24) is 4.90 Å². The molecule has 136 valence electrons. The number of carbonyl (C=O) groups excluding carboxylic acids is 2. The second kappa shape index (κ2) is 6.98. The van der Waals surface area contributed by atoms with Crippen molar-refractivity contribution in [3.05, 3.63) is 53.0 Å². The van der Waals surface area contributed by atoms with Gasteiger partial charge in [-0.1, -0.05) is 18.2 Å². The highest BCUT2D eigenvalue weighted by Gasteiger charge is 2.35. The van der Waals surface area contributed by atoms with Crippen LogP contribution in [0.15, 0.2) is 34.7 Å². The predicted molar refractivity (Wildman–Crippen MR) is 96.7 cm³/mol. The average molecular weight is 353 g/mol. The van der Waals surface area contributed by atoms with Crippen LogP contribution in [-0.2, 0) is 6.42 Å². The van der Waals surface area contributed by atoms with Crippen molar-refractivity contribution in [2.24, 2.45) is 0 Å². The van der Waals surface area contributed by atoms with E-state index in [0.29, 0.717) is 42.2 Å². The van der Waals surface area contributed by atoms with Gasteiger partial charge in [-0.25, -0.2) is 0 Å². The van der Waals surface area contributed by atoms with E-state index in [2.05, 4.69) is 0 Å². The van der Waals surface area contributed by atoms with Gasteiger partial charge in [-0.3, -0.25) is 9.59 Å². The quantitative estimate of drug-likeness (QED) is 0.839. The Bertz CT molecular complexity index is 824. The van der Waals surface area contributed by atoms with Crippen molar-refractivity contribution in [3.8, 4) is 5.75 Å². The Labute approximate surface area is 152 Å². The van der Waals surface area contributed by atoms with E-state index in [-0.39, 0.29) is 17.7 Å². The molecular formula is C21H23NO4. The maximum absolute atomic E-state index is 13.1. The van der Waals surface area contributed by atoms with Crippen LogP contribution < -0.4 is 4.74 Å². The van der Waals surface area contributed by atoms with Crippen molar-refractivity contribution >= 4 is 11.7 Å². The number of benzene rings is 1. The van der Waals surface area contributed by atoms with E-state index in [1.807, 2.05) is 42.2 Å². The number of ketones is 1. The summed E-state index contributed by atoms with van der Waals surface area (Å²) in [5.74, 6) is 1.79. The van der Waals surface area contributed by atoms with Gasteiger partial charge < -0.3 is 14.1 Å². The minimum Gasteiger partial charge on any atom is -0.491 e. The van der Waals surface area contributed by atoms with E-state index >= 15 is 0 Å². The van der Waals surface area contributed by atoms with Crippen molar-refractivity contribution in [1.29, 1.82) is 0 Å². The van der Waals surface area contributed by atoms with Crippen LogP contribution in [0.3, 0.4) is 0 Å². The molecule has 0 radical (unpaired) electrons. The van der Waals surface area contributed by atoms with Gasteiger partial charge in [0.2, 0.25) is 0 Å². The van der Waals surface area contributed by atoms with Crippen LogP contribution in [-0.4, -0.2) is 35.8 Å². The van der Waals surface area contributed by atoms with E-state index in [1.165, 1.54) is 0 Å². The predicted octanol–water partition coefficient (Wildman–Crippen LogP) is 3.79. The topological polar surface area (TPSA) is 59.8 Å². The summed E-state index contributed by atoms with van der Waals surface area (Å²) in [4.78, 5) is 27.1. The summed E-state index contributed by atoms with van der Waals surface area (Å²) in [6.07, 6.45) is 3.93. The highest BCUT2D eigenvalue weighted by molar-refractivity contribution is 6.03. The number of furan rings is 1. The Morgan fingerprint density at radius 1 is 1.23 bits per heavy atom. The lowest BCUT2D eigenvalue weighted by Crippen LogP contribution is -2.39. The first-order valence-electron chi connectivity index (χ1n) is 9.29. The van der Waals surface area contributed by atoms with Crippen LogP contribution in [0, 0.1) is 6.92 Å². The second-order valence-corrected chi connectivity index (χ2v) is 7.05. The lowest BCUT2D eigenvalue weighted by atomic mass is 9.94. The Morgan fingerprint density at radius 2 is 2.04 bits per heavy atom. The van der Waals surface area contributed by atoms with E-state index in [4.69, 9.17) is 9.15 Å². The molecule has 1 aliphatic carbocycles. The molecule has 26 heavy (non-hydrogen) atoms. The van der Waals surface area contributed by atoms with Crippen molar-refractivity contribution in [2.75, 3.05) is 13.2 Å². The number of Topliss-reactive ketones (excluding diaryl/α,β-unsaturated/α-hetero) is 1. The first-order chi connectivity index (χ1) is 12.6. The van der Waals surface area contributed by atoms with Crippen LogP contribution in [0.1, 0.15) is 57.9 Å². The number of fused-ring (bicyclic) bond motifs is 1. The standard InChI is InChI=1S/C21H23NO4/c1-14-19-17(23)10-5-11-18(19)26-20(14)21(24)22-12-6-7-15(22)13-25-16-8-3-2-4-9-16/h2-4,8-9,15H,5-7,10-13H2,1H3/t15-/m0/s1. The molecule has 1 aromatic carbocycles. The van der Waals surface area contributed by atoms with Gasteiger partial charge in [0.15, 0.2) is 11.5 Å². The van der Waals surface area contributed by atoms with Gasteiger partial charge in [0.25, 0.3) is 5.91 Å². The van der Waals surface area contributed by atoms with Gasteiger partial charge in [-0.2, -0.15) is 0 Å². The Balaban J connectivity index is 1.51. The molecule has 0 N–H and O–H groups in total. The minimum atomic E-state index is -0.121. The molecule has 1 atom stereocenters. The summed E-state index contributed by atoms with van der Waals surface area (Å²) in [5, 5.41) is 0. The fraction of sp³-hybridized carbons (Fsp3) is 0.429. The zero-order valence-electron chi connectivity index (χ0n) is 15.0. The van der Waals surface area contributed by atoms with Crippen molar-refractivity contribution < 1.29 is 18.7 Å². The zero-order valence-corrected chi connectivity index (χ0v) is 15.0. The molecule has 0 saturated carbocycles. The first-order valence-corrected chi connectivity index (χ1v) is 9.29. The van der Waals surface area contributed by atoms with Crippen molar-refractivity contribution in [2.45, 2.75) is 45.1 Å². The molecule has 0 bridgehead atoms. The molecule has 1 saturated heterocycles. The van der Waals surface area contributed by atoms with Gasteiger partial charge >= 0.3 is 0 Å². The Morgan fingerprint density at radius 3 is 2.81 bits per heavy atom. The number of amides is 1. The van der Waals surface area contributed by atoms with E-state index in [0.717, 1.165) is 31.4 Å². The third kappa shape index (κ3) is 3.02. The van der Waals surface area contributed by atoms with Gasteiger partial charge in [-0.15, -0.1) is 0 Å². The summed E-state index contributed by atoms with van der Waals surface area (Å²) in [5.41, 5.74) is 1.33. The minimum absolute atomic E-state index is 0.0277. The third-order valence-electron chi connectivity index (χ3n) is 5.32. The molecule has 5 nitrogen and oxygen atoms in total. The molecule has 0 unspecified atom stereocenters. The number of hydrogen-bond donors (Lipinski definition) is 0. The summed E-state index contributed by atoms with van der Waals surface area (Å²) in [6, 6.07) is 9.66. The molecule has 2 heterocycles. The normalized spacial score (nSPS) is 19.5. The fourth-order valence-corrected chi connectivity index (χ4v) is 3.97. The summed E-state index contributed by atoms with van der Waals surface area (Å²) >= 11 is 0. The van der Waals surface area contributed by atoms with Crippen LogP contribution in [0.25, 0.3) is 0 Å². The highest BCUT2D eigenvalue weighted by Crippen LogP contribution is 2.31. The van der Waals surface area contributed by atoms with Crippen LogP contribution in [0.2, 0.25) is 0 Å². The SMILES string of the molecule is Cc1c(C(=O)N2CCC[C@H]2COc2ccccc2)oc2c1C(=O)CCC2. The number of hydrogen-bond acceptors (Lipinski definition) is 4. The summed E-state index contributed by atoms with van der Waals surface area (Å²) < 4.78 is 11.7. The highest BCUT2D eigenvalue weighted by atomic mass is 16.5. The Hall–Kier alpha value is -2.56. The van der Waals surface area contributed by atoms with Crippen LogP contribution in [0.5, 0.6) is 5.75 Å². The summed E-state index contributed by atoms with van der Waals surface area (Å²) in [6.45, 7) is 2.99. The van der Waals surface area contributed by atoms with E-state index in [9.17, 15) is 9.59 Å². The second-order valence-electron chi connectivity index (χ2n) is 7.05. The molecule has 2 aromatic rings. The maximum atomic E-state index is 13.1. The monoisotopic (exact) mass is 353 g/mol. The number of aryl methyl sites for hydroxylation is 1. The molecule has 1 fully saturated rings. The molecule has 1 aromatic heterocycles. The van der Waals surface area contributed by atoms with Gasteiger partial charge in [0, 0.05) is 24.9 Å². The maximum Gasteiger partial charge on any atom is 0.290 e. The van der Waals surface area contributed by atoms with E-state index < -0.39 is 0 Å². The zero-order chi connectivity index (χ0) is 18.1. The number of para-hydroxylation sites is 1. The largest absolute Gasteiger partial charge is 0.491 e. The average Bonchev–Trinajstić information content (AvgIpc) is 3.26. The lowest BCUT2D eigenvalue weighted by Gasteiger charge is -2.24. The number of ether oxygens (including phenoxy) is 1. The number of nitrogens with zero attached hydrogens (tertiary/aromatic N) is 1. The van der Waals surface area contributed by atoms with Crippen LogP contribution >= 0.6 is 0 Å². The summed E-state index contributed by atoms with van der Waals surface area (Å²) in [7, 11) is 0. The van der Waals surface area contributed by atoms with Gasteiger partial charge in [0.1, 0.15) is 18.1 Å². The Kier molecular flexibility index (Phi) is 4.53. The molecule has 0 spiro atoms. The molecular weight excluding hydrogens is 330 g/mol. The van der Waals surface area contributed by atoms with Gasteiger partial charge in [-0.05, 0) is 38.3 Å². The number of likely N-dealkylation sites (tertiary alicyclic amines) is 1. The molecule has 5 heteroatoms. The molecule has 1 amide bonds. The third-order valence-corrected chi connectivity index (χ3v) is 5.32. The van der Waals surface area contributed by atoms with Crippen LogP contribution in [0.4, 0.5) is 0 Å². The molecule has 4 rings (SSSR count). The van der Waals surface area contributed by atoms with Gasteiger partial charge in [0.05, 0.1) is 11.6 Å². The smallest absolute Gasteiger partial charge is 0.290 e. The van der Waals surface area contributed by atoms with Crippen molar-refractivity contribution in [3.63, 3.8) is 0 Å². The molecule has 1 aliphatic heterocycles. The lowest BCUT2D eigenvalue weighted by molar-refractivity contribution is 0.0656. The number of rotatable bonds is 4. The molecule has 2 aliphatic rings. The number of carbonyl (C=O) groups is 2. The first kappa shape index (κ1) is 16.9.